The highest BCUT2D eigenvalue weighted by Gasteiger charge is 2.54. The van der Waals surface area contributed by atoms with Crippen molar-refractivity contribution < 1.29 is 28.2 Å². The fourth-order valence-corrected chi connectivity index (χ4v) is 8.14. The van der Waals surface area contributed by atoms with Gasteiger partial charge in [-0.3, -0.25) is 19.6 Å². The van der Waals surface area contributed by atoms with Crippen molar-refractivity contribution in [3.05, 3.63) is 65.6 Å². The minimum atomic E-state index is -0.500. The lowest BCUT2D eigenvalue weighted by molar-refractivity contribution is -0.0352. The Morgan fingerprint density at radius 3 is 2.68 bits per heavy atom. The van der Waals surface area contributed by atoms with Crippen molar-refractivity contribution in [1.29, 1.82) is 0 Å². The number of hydrogen-bond donors (Lipinski definition) is 0. The Bertz CT molecular complexity index is 1780. The van der Waals surface area contributed by atoms with Crippen LogP contribution in [0.1, 0.15) is 68.1 Å². The van der Waals surface area contributed by atoms with Crippen molar-refractivity contribution in [2.75, 3.05) is 71.0 Å². The van der Waals surface area contributed by atoms with Gasteiger partial charge in [-0.15, -0.1) is 0 Å². The summed E-state index contributed by atoms with van der Waals surface area (Å²) in [5.74, 6) is 1.49. The van der Waals surface area contributed by atoms with Crippen molar-refractivity contribution in [3.63, 3.8) is 0 Å². The fraction of sp³-hybridized carbons (Fsp3) is 0.564. The smallest absolute Gasteiger partial charge is 0.410 e. The minimum absolute atomic E-state index is 0.0470. The number of anilines is 1. The third-order valence-corrected chi connectivity index (χ3v) is 11.0. The Kier molecular flexibility index (Phi) is 11.0. The number of cyclic esters (lactones) is 1. The quantitative estimate of drug-likeness (QED) is 0.245. The van der Waals surface area contributed by atoms with Crippen LogP contribution in [0.25, 0.3) is 0 Å². The van der Waals surface area contributed by atoms with E-state index in [1.807, 2.05) is 33.0 Å². The van der Waals surface area contributed by atoms with Crippen LogP contribution in [-0.2, 0) is 17.7 Å². The molecule has 14 heteroatoms. The number of nitrogens with zero attached hydrogens (tertiary/aromatic N) is 8. The molecule has 2 amide bonds. The van der Waals surface area contributed by atoms with Crippen LogP contribution in [0.2, 0.25) is 0 Å². The van der Waals surface area contributed by atoms with Gasteiger partial charge in [0.2, 0.25) is 0 Å². The van der Waals surface area contributed by atoms with Crippen LogP contribution in [0.5, 0.6) is 17.2 Å². The van der Waals surface area contributed by atoms with Gasteiger partial charge in [0.15, 0.2) is 11.6 Å². The van der Waals surface area contributed by atoms with Gasteiger partial charge in [-0.05, 0) is 77.3 Å². The van der Waals surface area contributed by atoms with E-state index in [9.17, 15) is 14.0 Å². The second-order valence-corrected chi connectivity index (χ2v) is 15.2. The Morgan fingerprint density at radius 2 is 1.89 bits per heavy atom. The number of carbonyl (C=O) groups excluding carboxylic acids is 2. The summed E-state index contributed by atoms with van der Waals surface area (Å²) in [7, 11) is 1.78. The predicted octanol–water partition coefficient (Wildman–Crippen LogP) is 5.20. The van der Waals surface area contributed by atoms with E-state index in [0.29, 0.717) is 31.4 Å². The number of fused-ring (bicyclic) bond motifs is 1. The van der Waals surface area contributed by atoms with Gasteiger partial charge in [0.05, 0.1) is 11.8 Å². The third kappa shape index (κ3) is 8.18. The predicted molar refractivity (Wildman–Crippen MR) is 197 cm³/mol. The topological polar surface area (TPSA) is 117 Å². The summed E-state index contributed by atoms with van der Waals surface area (Å²) in [4.78, 5) is 49.0. The van der Waals surface area contributed by atoms with Crippen molar-refractivity contribution in [1.82, 2.24) is 34.6 Å². The van der Waals surface area contributed by atoms with E-state index < -0.39 is 5.82 Å². The van der Waals surface area contributed by atoms with Crippen molar-refractivity contribution in [2.24, 2.45) is 5.41 Å². The minimum Gasteiger partial charge on any atom is -0.490 e. The number of carbonyl (C=O) groups is 2. The molecule has 2 saturated heterocycles. The number of amides is 2. The van der Waals surface area contributed by atoms with Gasteiger partial charge in [-0.25, -0.2) is 19.2 Å². The highest BCUT2D eigenvalue weighted by molar-refractivity contribution is 5.97. The van der Waals surface area contributed by atoms with Crippen LogP contribution in [0, 0.1) is 11.2 Å². The first-order valence-corrected chi connectivity index (χ1v) is 18.9. The molecule has 1 aromatic carbocycles. The molecule has 4 aliphatic rings. The molecule has 3 fully saturated rings. The molecule has 1 saturated carbocycles. The maximum absolute atomic E-state index is 14.3. The lowest BCUT2D eigenvalue weighted by Gasteiger charge is -2.59. The molecule has 0 atom stereocenters. The first kappa shape index (κ1) is 36.8. The van der Waals surface area contributed by atoms with Gasteiger partial charge >= 0.3 is 6.09 Å². The Hall–Kier alpha value is -4.56. The zero-order chi connectivity index (χ0) is 37.1. The Balaban J connectivity index is 0.923. The first-order valence-electron chi connectivity index (χ1n) is 18.9. The van der Waals surface area contributed by atoms with E-state index in [-0.39, 0.29) is 40.9 Å². The molecule has 3 aromatic rings. The summed E-state index contributed by atoms with van der Waals surface area (Å²) in [6, 6.07) is 5.98. The van der Waals surface area contributed by atoms with E-state index in [0.717, 1.165) is 89.4 Å². The highest BCUT2D eigenvalue weighted by Crippen LogP contribution is 2.52. The highest BCUT2D eigenvalue weighted by atomic mass is 19.1. The summed E-state index contributed by atoms with van der Waals surface area (Å²) >= 11 is 0. The van der Waals surface area contributed by atoms with E-state index in [1.54, 1.807) is 23.0 Å². The number of ether oxygens (including phenoxy) is 3. The van der Waals surface area contributed by atoms with Gasteiger partial charge in [0, 0.05) is 94.7 Å². The Morgan fingerprint density at radius 1 is 1.08 bits per heavy atom. The number of pyridine rings is 1. The van der Waals surface area contributed by atoms with Crippen molar-refractivity contribution in [2.45, 2.75) is 71.6 Å². The SMILES string of the molecule is CCN(C(=O)c1cc(F)ccc1Oc1cncnc1N1CC2(CC(Oc3ccnc4c3CN(CCCN3CCCN(C)C(=O)OC3)CC4)C2)C1)C(C)C. The first-order chi connectivity index (χ1) is 25.6. The number of halogens is 1. The molecule has 284 valence electrons. The molecule has 13 nitrogen and oxygen atoms in total. The van der Waals surface area contributed by atoms with E-state index in [2.05, 4.69) is 24.7 Å². The molecular formula is C39H51FN8O5. The largest absolute Gasteiger partial charge is 0.490 e. The summed E-state index contributed by atoms with van der Waals surface area (Å²) < 4.78 is 32.7. The molecule has 1 aliphatic carbocycles. The third-order valence-electron chi connectivity index (χ3n) is 11.0. The molecule has 1 spiro atoms. The molecule has 0 unspecified atom stereocenters. The zero-order valence-corrected chi connectivity index (χ0v) is 31.3. The lowest BCUT2D eigenvalue weighted by atomic mass is 9.61. The standard InChI is InChI=1S/C39H51FN8O5/c1-5-48(27(2)3)37(49)30-18-28(40)8-9-33(30)53-35-21-41-25-43-36(35)47-23-39(24-47)19-29(20-39)52-34-10-12-42-32-11-17-45(22-31(32)34)14-7-16-46-15-6-13-44(4)38(50)51-26-46/h8-10,12,18,21,25,27,29H,5-7,11,13-17,19-20,22-24,26H2,1-4H3. The molecule has 0 N–H and O–H groups in total. The molecule has 5 heterocycles. The molecule has 2 aromatic heterocycles. The Labute approximate surface area is 311 Å². The average Bonchev–Trinajstić information content (AvgIpc) is 3.11. The van der Waals surface area contributed by atoms with Gasteiger partial charge in [0.25, 0.3) is 5.91 Å². The van der Waals surface area contributed by atoms with Crippen LogP contribution in [0.4, 0.5) is 15.0 Å². The summed E-state index contributed by atoms with van der Waals surface area (Å²) in [6.07, 6.45) is 9.57. The van der Waals surface area contributed by atoms with Gasteiger partial charge in [-0.2, -0.15) is 0 Å². The van der Waals surface area contributed by atoms with E-state index in [1.165, 1.54) is 30.1 Å². The zero-order valence-electron chi connectivity index (χ0n) is 31.3. The summed E-state index contributed by atoms with van der Waals surface area (Å²) in [5, 5.41) is 0. The summed E-state index contributed by atoms with van der Waals surface area (Å²) in [5.41, 5.74) is 2.62. The second kappa shape index (κ2) is 15.8. The number of rotatable bonds is 12. The second-order valence-electron chi connectivity index (χ2n) is 15.2. The number of benzene rings is 1. The monoisotopic (exact) mass is 730 g/mol. The molecule has 0 bridgehead atoms. The normalized spacial score (nSPS) is 19.2. The van der Waals surface area contributed by atoms with Crippen LogP contribution < -0.4 is 14.4 Å². The molecule has 53 heavy (non-hydrogen) atoms. The summed E-state index contributed by atoms with van der Waals surface area (Å²) in [6.45, 7) is 13.5. The van der Waals surface area contributed by atoms with Crippen molar-refractivity contribution >= 4 is 17.8 Å². The van der Waals surface area contributed by atoms with Crippen LogP contribution >= 0.6 is 0 Å². The lowest BCUT2D eigenvalue weighted by Crippen LogP contribution is -2.65. The van der Waals surface area contributed by atoms with Gasteiger partial charge in [-0.1, -0.05) is 0 Å². The van der Waals surface area contributed by atoms with Gasteiger partial charge in [0.1, 0.15) is 36.5 Å². The number of aromatic nitrogens is 3. The molecule has 3 aliphatic heterocycles. The van der Waals surface area contributed by atoms with E-state index in [4.69, 9.17) is 19.2 Å². The van der Waals surface area contributed by atoms with Crippen LogP contribution in [0.3, 0.4) is 0 Å². The molecule has 7 rings (SSSR count). The van der Waals surface area contributed by atoms with Gasteiger partial charge < -0.3 is 28.9 Å². The van der Waals surface area contributed by atoms with Crippen LogP contribution in [0.15, 0.2) is 43.0 Å². The van der Waals surface area contributed by atoms with Crippen molar-refractivity contribution in [3.8, 4) is 17.2 Å². The maximum atomic E-state index is 14.3. The average molecular weight is 731 g/mol. The maximum Gasteiger partial charge on any atom is 0.410 e. The van der Waals surface area contributed by atoms with E-state index >= 15 is 0 Å². The molecular weight excluding hydrogens is 679 g/mol. The fourth-order valence-electron chi connectivity index (χ4n) is 8.14. The number of hydrogen-bond acceptors (Lipinski definition) is 11. The molecule has 0 radical (unpaired) electrons. The van der Waals surface area contributed by atoms with Crippen LogP contribution in [-0.4, -0.2) is 125 Å².